The van der Waals surface area contributed by atoms with Crippen LogP contribution in [0, 0.1) is 11.2 Å². The summed E-state index contributed by atoms with van der Waals surface area (Å²) in [5.41, 5.74) is 0.228. The smallest absolute Gasteiger partial charge is 0.143 e. The molecule has 2 nitrogen and oxygen atoms in total. The molecule has 0 amide bonds. The van der Waals surface area contributed by atoms with E-state index in [0.29, 0.717) is 5.56 Å². The zero-order valence-corrected chi connectivity index (χ0v) is 12.7. The number of carbonyl (C=O) groups is 1. The van der Waals surface area contributed by atoms with Crippen molar-refractivity contribution in [3.05, 3.63) is 34.1 Å². The van der Waals surface area contributed by atoms with Crippen molar-refractivity contribution in [3.63, 3.8) is 0 Å². The molecule has 1 heterocycles. The number of benzene rings is 1. The third-order valence-corrected chi connectivity index (χ3v) is 4.68. The maximum absolute atomic E-state index is 13.7. The number of rotatable bonds is 4. The van der Waals surface area contributed by atoms with Crippen LogP contribution in [0.15, 0.2) is 22.7 Å². The number of hydrogen-bond acceptors (Lipinski definition) is 2. The van der Waals surface area contributed by atoms with Crippen LogP contribution in [0.25, 0.3) is 0 Å². The van der Waals surface area contributed by atoms with Crippen LogP contribution in [0.2, 0.25) is 0 Å². The van der Waals surface area contributed by atoms with Crippen LogP contribution in [0.3, 0.4) is 0 Å². The molecule has 0 saturated carbocycles. The quantitative estimate of drug-likeness (QED) is 0.917. The summed E-state index contributed by atoms with van der Waals surface area (Å²) < 4.78 is 14.6. The van der Waals surface area contributed by atoms with Crippen molar-refractivity contribution in [1.29, 1.82) is 0 Å². The molecule has 1 N–H and O–H groups in total. The molecule has 0 aromatic heterocycles. The third-order valence-electron chi connectivity index (χ3n) is 4.19. The zero-order valence-electron chi connectivity index (χ0n) is 11.1. The monoisotopic (exact) mass is 327 g/mol. The van der Waals surface area contributed by atoms with Crippen LogP contribution < -0.4 is 5.32 Å². The van der Waals surface area contributed by atoms with Gasteiger partial charge < -0.3 is 5.32 Å². The van der Waals surface area contributed by atoms with Crippen molar-refractivity contribution >= 4 is 21.7 Å². The molecule has 1 aliphatic rings. The normalized spacial score (nSPS) is 18.3. The van der Waals surface area contributed by atoms with Crippen LogP contribution in [0.4, 0.5) is 4.39 Å². The molecule has 1 fully saturated rings. The molecule has 0 bridgehead atoms. The Morgan fingerprint density at radius 3 is 2.74 bits per heavy atom. The summed E-state index contributed by atoms with van der Waals surface area (Å²) in [6, 6.07) is 4.77. The molecule has 0 unspecified atom stereocenters. The number of halogens is 2. The number of carbonyl (C=O) groups excluding carboxylic acids is 1. The van der Waals surface area contributed by atoms with E-state index in [1.807, 2.05) is 0 Å². The Balaban J connectivity index is 2.17. The predicted molar refractivity (Wildman–Crippen MR) is 77.6 cm³/mol. The van der Waals surface area contributed by atoms with E-state index in [1.54, 1.807) is 12.1 Å². The van der Waals surface area contributed by atoms with Gasteiger partial charge in [0.1, 0.15) is 11.6 Å². The first-order valence-electron chi connectivity index (χ1n) is 6.75. The van der Waals surface area contributed by atoms with E-state index >= 15 is 0 Å². The van der Waals surface area contributed by atoms with Crippen LogP contribution in [-0.2, 0) is 11.2 Å². The Bertz CT molecular complexity index is 469. The second-order valence-corrected chi connectivity index (χ2v) is 6.14. The first-order valence-corrected chi connectivity index (χ1v) is 7.55. The third kappa shape index (κ3) is 3.23. The van der Waals surface area contributed by atoms with E-state index in [1.165, 1.54) is 6.07 Å². The van der Waals surface area contributed by atoms with E-state index in [9.17, 15) is 9.18 Å². The summed E-state index contributed by atoms with van der Waals surface area (Å²) in [6.07, 6.45) is 2.75. The van der Waals surface area contributed by atoms with Crippen LogP contribution in [-0.4, -0.2) is 18.9 Å². The van der Waals surface area contributed by atoms with Gasteiger partial charge in [0.15, 0.2) is 0 Å². The molecule has 1 saturated heterocycles. The average molecular weight is 328 g/mol. The Kier molecular flexibility index (Phi) is 4.74. The minimum Gasteiger partial charge on any atom is -0.317 e. The van der Waals surface area contributed by atoms with Crippen LogP contribution >= 0.6 is 15.9 Å². The molecule has 0 radical (unpaired) electrons. The SMILES string of the molecule is CCC1(C(=O)Cc2cc(Br)ccc2F)CCNCC1. The lowest BCUT2D eigenvalue weighted by atomic mass is 9.71. The molecule has 0 atom stereocenters. The van der Waals surface area contributed by atoms with E-state index in [4.69, 9.17) is 0 Å². The maximum Gasteiger partial charge on any atom is 0.143 e. The molecule has 1 aromatic carbocycles. The Morgan fingerprint density at radius 2 is 2.11 bits per heavy atom. The molecular weight excluding hydrogens is 309 g/mol. The van der Waals surface area contributed by atoms with Crippen molar-refractivity contribution in [1.82, 2.24) is 5.32 Å². The summed E-state index contributed by atoms with van der Waals surface area (Å²) in [6.45, 7) is 3.81. The van der Waals surface area contributed by atoms with Crippen molar-refractivity contribution in [2.75, 3.05) is 13.1 Å². The summed E-state index contributed by atoms with van der Waals surface area (Å²) >= 11 is 3.32. The van der Waals surface area contributed by atoms with Gasteiger partial charge in [-0.1, -0.05) is 22.9 Å². The second-order valence-electron chi connectivity index (χ2n) is 5.22. The number of piperidine rings is 1. The first-order chi connectivity index (χ1) is 9.07. The molecule has 1 aromatic rings. The lowest BCUT2D eigenvalue weighted by molar-refractivity contribution is -0.129. The van der Waals surface area contributed by atoms with Gasteiger partial charge in [0.2, 0.25) is 0 Å². The van der Waals surface area contributed by atoms with Gasteiger partial charge in [-0.25, -0.2) is 4.39 Å². The molecule has 0 aliphatic carbocycles. The number of hydrogen-bond donors (Lipinski definition) is 1. The number of nitrogens with one attached hydrogen (secondary N) is 1. The summed E-state index contributed by atoms with van der Waals surface area (Å²) in [5, 5.41) is 3.28. The van der Waals surface area contributed by atoms with Gasteiger partial charge in [0, 0.05) is 16.3 Å². The zero-order chi connectivity index (χ0) is 13.9. The largest absolute Gasteiger partial charge is 0.317 e. The highest BCUT2D eigenvalue weighted by atomic mass is 79.9. The topological polar surface area (TPSA) is 29.1 Å². The van der Waals surface area contributed by atoms with Gasteiger partial charge >= 0.3 is 0 Å². The van der Waals surface area contributed by atoms with Crippen molar-refractivity contribution in [2.24, 2.45) is 5.41 Å². The molecule has 2 rings (SSSR count). The molecule has 104 valence electrons. The van der Waals surface area contributed by atoms with Crippen LogP contribution in [0.5, 0.6) is 0 Å². The van der Waals surface area contributed by atoms with Crippen molar-refractivity contribution in [3.8, 4) is 0 Å². The number of ketones is 1. The second kappa shape index (κ2) is 6.14. The lowest BCUT2D eigenvalue weighted by Gasteiger charge is -2.35. The predicted octanol–water partition coefficient (Wildman–Crippen LogP) is 3.48. The van der Waals surface area contributed by atoms with Gasteiger partial charge in [-0.05, 0) is 56.1 Å². The highest BCUT2D eigenvalue weighted by Crippen LogP contribution is 2.35. The summed E-state index contributed by atoms with van der Waals surface area (Å²) in [4.78, 5) is 12.6. The average Bonchev–Trinajstić information content (AvgIpc) is 2.43. The van der Waals surface area contributed by atoms with Crippen molar-refractivity contribution in [2.45, 2.75) is 32.6 Å². The van der Waals surface area contributed by atoms with Gasteiger partial charge in [-0.2, -0.15) is 0 Å². The van der Waals surface area contributed by atoms with Crippen LogP contribution in [0.1, 0.15) is 31.7 Å². The summed E-state index contributed by atoms with van der Waals surface area (Å²) in [7, 11) is 0. The highest BCUT2D eigenvalue weighted by molar-refractivity contribution is 9.10. The fraction of sp³-hybridized carbons (Fsp3) is 0.533. The molecule has 0 spiro atoms. The van der Waals surface area contributed by atoms with Gasteiger partial charge in [-0.15, -0.1) is 0 Å². The fourth-order valence-corrected chi connectivity index (χ4v) is 3.18. The van der Waals surface area contributed by atoms with E-state index in [-0.39, 0.29) is 23.4 Å². The van der Waals surface area contributed by atoms with Crippen molar-refractivity contribution < 1.29 is 9.18 Å². The standard InChI is InChI=1S/C15H19BrFNO/c1-2-15(5-7-18-8-6-15)14(19)10-11-9-12(16)3-4-13(11)17/h3-4,9,18H,2,5-8,10H2,1H3. The lowest BCUT2D eigenvalue weighted by Crippen LogP contribution is -2.42. The van der Waals surface area contributed by atoms with E-state index in [0.717, 1.165) is 36.8 Å². The van der Waals surface area contributed by atoms with E-state index < -0.39 is 0 Å². The maximum atomic E-state index is 13.7. The number of Topliss-reactive ketones (excluding diaryl/α,β-unsaturated/α-hetero) is 1. The van der Waals surface area contributed by atoms with Gasteiger partial charge in [0.05, 0.1) is 0 Å². The van der Waals surface area contributed by atoms with Gasteiger partial charge in [0.25, 0.3) is 0 Å². The molecule has 19 heavy (non-hydrogen) atoms. The Morgan fingerprint density at radius 1 is 1.42 bits per heavy atom. The first kappa shape index (κ1) is 14.7. The molecule has 1 aliphatic heterocycles. The Hall–Kier alpha value is -0.740. The summed E-state index contributed by atoms with van der Waals surface area (Å²) in [5.74, 6) is -0.120. The fourth-order valence-electron chi connectivity index (χ4n) is 2.77. The Labute approximate surface area is 121 Å². The van der Waals surface area contributed by atoms with Gasteiger partial charge in [-0.3, -0.25) is 4.79 Å². The minimum absolute atomic E-state index is 0.175. The molecular formula is C15H19BrFNO. The minimum atomic E-state index is -0.295. The molecule has 4 heteroatoms. The highest BCUT2D eigenvalue weighted by Gasteiger charge is 2.37. The van der Waals surface area contributed by atoms with E-state index in [2.05, 4.69) is 28.2 Å².